The van der Waals surface area contributed by atoms with E-state index >= 15 is 0 Å². The zero-order valence-electron chi connectivity index (χ0n) is 17.1. The molecule has 1 N–H and O–H groups in total. The van der Waals surface area contributed by atoms with Crippen molar-refractivity contribution in [1.82, 2.24) is 10.2 Å². The van der Waals surface area contributed by atoms with Crippen molar-refractivity contribution in [2.75, 3.05) is 13.7 Å². The van der Waals surface area contributed by atoms with E-state index in [4.69, 9.17) is 21.7 Å². The molecule has 2 aromatic rings. The number of carbonyl (C=O) groups is 2. The van der Waals surface area contributed by atoms with Gasteiger partial charge in [-0.25, -0.2) is 4.79 Å². The molecule has 172 valence electrons. The Hall–Kier alpha value is -3.05. The number of likely N-dealkylation sites (N-methyl/N-ethyl adjacent to an activating group) is 1. The molecular weight excluding hydrogens is 477 g/mol. The molecule has 6 nitrogen and oxygen atoms in total. The normalized spacial score (nSPS) is 19.8. The summed E-state index contributed by atoms with van der Waals surface area (Å²) in [4.78, 5) is 24.9. The quantitative estimate of drug-likeness (QED) is 0.467. The van der Waals surface area contributed by atoms with Crippen LogP contribution in [-0.2, 0) is 22.1 Å². The highest BCUT2D eigenvalue weighted by Gasteiger charge is 2.34. The third-order valence-corrected chi connectivity index (χ3v) is 6.29. The molecule has 2 heterocycles. The van der Waals surface area contributed by atoms with E-state index in [2.05, 4.69) is 5.32 Å². The Morgan fingerprint density at radius 1 is 1.21 bits per heavy atom. The molecule has 33 heavy (non-hydrogen) atoms. The molecule has 2 amide bonds. The van der Waals surface area contributed by atoms with Crippen molar-refractivity contribution in [1.29, 1.82) is 0 Å². The van der Waals surface area contributed by atoms with Gasteiger partial charge in [-0.2, -0.15) is 13.2 Å². The topological polar surface area (TPSA) is 67.9 Å². The molecular formula is C22H17F3N2O4S2. The lowest BCUT2D eigenvalue weighted by Gasteiger charge is -2.16. The van der Waals surface area contributed by atoms with Crippen LogP contribution in [0.4, 0.5) is 18.0 Å². The van der Waals surface area contributed by atoms with Crippen molar-refractivity contribution in [3.05, 3.63) is 64.1 Å². The molecule has 2 saturated heterocycles. The molecule has 2 aliphatic heterocycles. The second-order valence-corrected chi connectivity index (χ2v) is 9.11. The SMILES string of the molecule is CN1C(=O)OCC1Cc1ccc(Oc2ccc(/C=C3/SC(=S)NC3=O)c(C(F)(F)F)c2)cc1. The number of ether oxygens (including phenoxy) is 2. The van der Waals surface area contributed by atoms with E-state index in [1.54, 1.807) is 31.3 Å². The number of amides is 2. The number of carbonyl (C=O) groups excluding carboxylic acids is 2. The predicted octanol–water partition coefficient (Wildman–Crippen LogP) is 4.98. The van der Waals surface area contributed by atoms with Crippen LogP contribution in [0.1, 0.15) is 16.7 Å². The molecule has 11 heteroatoms. The van der Waals surface area contributed by atoms with Gasteiger partial charge in [0, 0.05) is 7.05 Å². The third kappa shape index (κ3) is 5.31. The molecule has 2 fully saturated rings. The molecule has 0 spiro atoms. The summed E-state index contributed by atoms with van der Waals surface area (Å²) in [6.45, 7) is 0.308. The highest BCUT2D eigenvalue weighted by atomic mass is 32.2. The first kappa shape index (κ1) is 23.1. The maximum absolute atomic E-state index is 13.7. The fraction of sp³-hybridized carbons (Fsp3) is 0.227. The fourth-order valence-corrected chi connectivity index (χ4v) is 4.40. The molecule has 1 atom stereocenters. The van der Waals surface area contributed by atoms with Gasteiger partial charge in [0.25, 0.3) is 5.91 Å². The zero-order chi connectivity index (χ0) is 23.8. The van der Waals surface area contributed by atoms with Crippen molar-refractivity contribution >= 4 is 46.4 Å². The lowest BCUT2D eigenvalue weighted by molar-refractivity contribution is -0.137. The van der Waals surface area contributed by atoms with Crippen LogP contribution >= 0.6 is 24.0 Å². The van der Waals surface area contributed by atoms with Gasteiger partial charge in [0.05, 0.1) is 16.5 Å². The van der Waals surface area contributed by atoms with Crippen molar-refractivity contribution in [3.63, 3.8) is 0 Å². The minimum absolute atomic E-state index is 0.00537. The van der Waals surface area contributed by atoms with Gasteiger partial charge >= 0.3 is 12.3 Å². The number of alkyl halides is 3. The summed E-state index contributed by atoms with van der Waals surface area (Å²) in [5.41, 5.74) is -0.157. The van der Waals surface area contributed by atoms with Gasteiger partial charge in [-0.05, 0) is 47.9 Å². The largest absolute Gasteiger partial charge is 0.457 e. The number of nitrogens with zero attached hydrogens (tertiary/aromatic N) is 1. The van der Waals surface area contributed by atoms with Crippen LogP contribution in [0.25, 0.3) is 6.08 Å². The standard InChI is InChI=1S/C22H17F3N2O4S2/c1-27-14(11-30-21(27)29)8-12-2-5-15(6-3-12)31-16-7-4-13(17(10-16)22(23,24)25)9-18-19(28)26-20(32)33-18/h2-7,9-10,14H,8,11H2,1H3,(H,26,28,32)/b18-9+. The number of nitrogens with one attached hydrogen (secondary N) is 1. The highest BCUT2D eigenvalue weighted by Crippen LogP contribution is 2.38. The number of benzene rings is 2. The number of hydrogen-bond donors (Lipinski definition) is 1. The first-order valence-corrected chi connectivity index (χ1v) is 10.9. The Bertz CT molecular complexity index is 1150. The Kier molecular flexibility index (Phi) is 6.35. The average molecular weight is 495 g/mol. The van der Waals surface area contributed by atoms with Crippen LogP contribution < -0.4 is 10.1 Å². The number of thiocarbonyl (C=S) groups is 1. The second-order valence-electron chi connectivity index (χ2n) is 7.39. The summed E-state index contributed by atoms with van der Waals surface area (Å²) in [5.74, 6) is -0.162. The molecule has 4 rings (SSSR count). The van der Waals surface area contributed by atoms with E-state index in [1.165, 1.54) is 17.0 Å². The smallest absolute Gasteiger partial charge is 0.417 e. The van der Waals surface area contributed by atoms with Gasteiger partial charge in [0.1, 0.15) is 22.4 Å². The van der Waals surface area contributed by atoms with Gasteiger partial charge in [-0.1, -0.05) is 42.2 Å². The van der Waals surface area contributed by atoms with E-state index in [-0.39, 0.29) is 32.7 Å². The van der Waals surface area contributed by atoms with Crippen molar-refractivity contribution in [2.45, 2.75) is 18.6 Å². The Morgan fingerprint density at radius 2 is 1.91 bits per heavy atom. The summed E-state index contributed by atoms with van der Waals surface area (Å²) < 4.78 is 51.8. The molecule has 0 aliphatic carbocycles. The van der Waals surface area contributed by atoms with Crippen LogP contribution in [0.2, 0.25) is 0 Å². The highest BCUT2D eigenvalue weighted by molar-refractivity contribution is 8.26. The minimum atomic E-state index is -4.65. The summed E-state index contributed by atoms with van der Waals surface area (Å²) in [6.07, 6.45) is -3.27. The van der Waals surface area contributed by atoms with E-state index < -0.39 is 17.6 Å². The van der Waals surface area contributed by atoms with Crippen LogP contribution in [0.15, 0.2) is 47.4 Å². The lowest BCUT2D eigenvalue weighted by Crippen LogP contribution is -2.30. The Balaban J connectivity index is 1.51. The van der Waals surface area contributed by atoms with Crippen LogP contribution in [-0.4, -0.2) is 40.9 Å². The van der Waals surface area contributed by atoms with Crippen molar-refractivity contribution in [2.24, 2.45) is 0 Å². The monoisotopic (exact) mass is 494 g/mol. The van der Waals surface area contributed by atoms with Crippen LogP contribution in [0.3, 0.4) is 0 Å². The molecule has 0 aromatic heterocycles. The van der Waals surface area contributed by atoms with Gasteiger partial charge < -0.3 is 19.7 Å². The van der Waals surface area contributed by atoms with Gasteiger partial charge in [0.15, 0.2) is 0 Å². The first-order valence-electron chi connectivity index (χ1n) is 9.72. The summed E-state index contributed by atoms with van der Waals surface area (Å²) in [6, 6.07) is 10.3. The van der Waals surface area contributed by atoms with E-state index in [0.717, 1.165) is 29.5 Å². The molecule has 0 saturated carbocycles. The maximum Gasteiger partial charge on any atom is 0.417 e. The van der Waals surface area contributed by atoms with Crippen molar-refractivity contribution < 1.29 is 32.2 Å². The van der Waals surface area contributed by atoms with E-state index in [0.29, 0.717) is 18.8 Å². The number of thioether (sulfide) groups is 1. The molecule has 2 aromatic carbocycles. The predicted molar refractivity (Wildman–Crippen MR) is 121 cm³/mol. The molecule has 0 radical (unpaired) electrons. The summed E-state index contributed by atoms with van der Waals surface area (Å²) in [7, 11) is 1.67. The van der Waals surface area contributed by atoms with Crippen molar-refractivity contribution in [3.8, 4) is 11.5 Å². The average Bonchev–Trinajstić information content (AvgIpc) is 3.24. The minimum Gasteiger partial charge on any atom is -0.457 e. The maximum atomic E-state index is 13.7. The van der Waals surface area contributed by atoms with E-state index in [9.17, 15) is 22.8 Å². The van der Waals surface area contributed by atoms with Gasteiger partial charge in [0.2, 0.25) is 0 Å². The summed E-state index contributed by atoms with van der Waals surface area (Å²) >= 11 is 5.78. The van der Waals surface area contributed by atoms with E-state index in [1.807, 2.05) is 0 Å². The second kappa shape index (κ2) is 9.06. The van der Waals surface area contributed by atoms with Gasteiger partial charge in [-0.3, -0.25) is 4.79 Å². The lowest BCUT2D eigenvalue weighted by atomic mass is 10.1. The number of rotatable bonds is 5. The fourth-order valence-electron chi connectivity index (χ4n) is 3.36. The Labute approximate surface area is 196 Å². The van der Waals surface area contributed by atoms with Crippen LogP contribution in [0.5, 0.6) is 11.5 Å². The number of cyclic esters (lactones) is 1. The Morgan fingerprint density at radius 3 is 2.48 bits per heavy atom. The first-order chi connectivity index (χ1) is 15.6. The summed E-state index contributed by atoms with van der Waals surface area (Å²) in [5, 5.41) is 2.38. The zero-order valence-corrected chi connectivity index (χ0v) is 18.8. The number of halogens is 3. The van der Waals surface area contributed by atoms with Gasteiger partial charge in [-0.15, -0.1) is 0 Å². The molecule has 2 aliphatic rings. The molecule has 0 bridgehead atoms. The van der Waals surface area contributed by atoms with Crippen LogP contribution in [0, 0.1) is 0 Å². The molecule has 1 unspecified atom stereocenters. The number of hydrogen-bond acceptors (Lipinski definition) is 6. The third-order valence-electron chi connectivity index (χ3n) is 5.12.